The fourth-order valence-electron chi connectivity index (χ4n) is 1.69. The SMILES string of the molecule is Nc1c(Cl)ccc(Cl)c1-c1n[nH]c(-c2cccs2)n1. The number of aromatic amines is 1. The second-order valence-corrected chi connectivity index (χ2v) is 5.56. The number of hydrogen-bond acceptors (Lipinski definition) is 4. The number of hydrogen-bond donors (Lipinski definition) is 2. The third-order valence-corrected chi connectivity index (χ3v) is 4.13. The van der Waals surface area contributed by atoms with Crippen molar-refractivity contribution in [2.24, 2.45) is 0 Å². The number of benzene rings is 1. The van der Waals surface area contributed by atoms with Gasteiger partial charge in [-0.25, -0.2) is 4.98 Å². The van der Waals surface area contributed by atoms with Gasteiger partial charge in [-0.3, -0.25) is 5.10 Å². The van der Waals surface area contributed by atoms with Gasteiger partial charge in [-0.1, -0.05) is 29.3 Å². The summed E-state index contributed by atoms with van der Waals surface area (Å²) in [5.41, 5.74) is 6.87. The van der Waals surface area contributed by atoms with Crippen molar-refractivity contribution in [3.63, 3.8) is 0 Å². The first-order valence-electron chi connectivity index (χ1n) is 5.37. The summed E-state index contributed by atoms with van der Waals surface area (Å²) in [5, 5.41) is 9.90. The van der Waals surface area contributed by atoms with Crippen LogP contribution in [-0.4, -0.2) is 15.2 Å². The molecule has 0 unspecified atom stereocenters. The van der Waals surface area contributed by atoms with Crippen molar-refractivity contribution in [2.45, 2.75) is 0 Å². The highest BCUT2D eigenvalue weighted by molar-refractivity contribution is 7.13. The first-order valence-corrected chi connectivity index (χ1v) is 7.00. The maximum Gasteiger partial charge on any atom is 0.185 e. The molecule has 7 heteroatoms. The van der Waals surface area contributed by atoms with Gasteiger partial charge in [-0.05, 0) is 23.6 Å². The van der Waals surface area contributed by atoms with Crippen molar-refractivity contribution < 1.29 is 0 Å². The van der Waals surface area contributed by atoms with Gasteiger partial charge < -0.3 is 5.73 Å². The van der Waals surface area contributed by atoms with E-state index in [0.29, 0.717) is 32.9 Å². The lowest BCUT2D eigenvalue weighted by atomic mass is 10.1. The van der Waals surface area contributed by atoms with Crippen LogP contribution in [0.15, 0.2) is 29.6 Å². The number of nitrogens with zero attached hydrogens (tertiary/aromatic N) is 2. The summed E-state index contributed by atoms with van der Waals surface area (Å²) in [6.07, 6.45) is 0. The van der Waals surface area contributed by atoms with E-state index in [1.807, 2.05) is 17.5 Å². The smallest absolute Gasteiger partial charge is 0.185 e. The molecule has 0 bridgehead atoms. The molecule has 96 valence electrons. The Balaban J connectivity index is 2.11. The topological polar surface area (TPSA) is 67.6 Å². The van der Waals surface area contributed by atoms with Gasteiger partial charge in [0.2, 0.25) is 0 Å². The minimum absolute atomic E-state index is 0.380. The number of nitrogens with two attached hydrogens (primary N) is 1. The van der Waals surface area contributed by atoms with E-state index in [1.165, 1.54) is 0 Å². The predicted octanol–water partition coefficient (Wildman–Crippen LogP) is 4.09. The first-order chi connectivity index (χ1) is 9.16. The van der Waals surface area contributed by atoms with Crippen LogP contribution >= 0.6 is 34.5 Å². The van der Waals surface area contributed by atoms with E-state index < -0.39 is 0 Å². The number of halogens is 2. The highest BCUT2D eigenvalue weighted by Gasteiger charge is 2.16. The Bertz CT molecular complexity index is 721. The molecule has 0 fully saturated rings. The average molecular weight is 311 g/mol. The van der Waals surface area contributed by atoms with Crippen LogP contribution in [0.4, 0.5) is 5.69 Å². The summed E-state index contributed by atoms with van der Waals surface area (Å²) in [5.74, 6) is 1.12. The number of nitrogen functional groups attached to an aromatic ring is 1. The molecule has 0 aliphatic rings. The van der Waals surface area contributed by atoms with Gasteiger partial charge in [0.15, 0.2) is 11.6 Å². The molecule has 0 atom stereocenters. The third kappa shape index (κ3) is 2.20. The van der Waals surface area contributed by atoms with Crippen LogP contribution in [0.1, 0.15) is 0 Å². The van der Waals surface area contributed by atoms with Crippen molar-refractivity contribution in [1.82, 2.24) is 15.2 Å². The minimum atomic E-state index is 0.380. The monoisotopic (exact) mass is 310 g/mol. The summed E-state index contributed by atoms with van der Waals surface area (Å²) in [4.78, 5) is 5.40. The van der Waals surface area contributed by atoms with E-state index >= 15 is 0 Å². The number of H-pyrrole nitrogens is 1. The van der Waals surface area contributed by atoms with E-state index in [9.17, 15) is 0 Å². The Morgan fingerprint density at radius 3 is 2.68 bits per heavy atom. The average Bonchev–Trinajstić information content (AvgIpc) is 3.04. The quantitative estimate of drug-likeness (QED) is 0.700. The molecule has 3 rings (SSSR count). The Kier molecular flexibility index (Phi) is 3.18. The maximum atomic E-state index is 6.14. The summed E-state index contributed by atoms with van der Waals surface area (Å²) in [6, 6.07) is 7.23. The Morgan fingerprint density at radius 1 is 1.16 bits per heavy atom. The van der Waals surface area contributed by atoms with Crippen LogP contribution in [0.3, 0.4) is 0 Å². The van der Waals surface area contributed by atoms with Crippen molar-refractivity contribution in [3.8, 4) is 22.1 Å². The van der Waals surface area contributed by atoms with E-state index in [2.05, 4.69) is 15.2 Å². The number of aromatic nitrogens is 3. The molecule has 2 heterocycles. The van der Waals surface area contributed by atoms with Gasteiger partial charge in [0.1, 0.15) is 0 Å². The summed E-state index contributed by atoms with van der Waals surface area (Å²) in [6.45, 7) is 0. The lowest BCUT2D eigenvalue weighted by Crippen LogP contribution is -1.93. The molecule has 4 nitrogen and oxygen atoms in total. The molecule has 0 aliphatic heterocycles. The highest BCUT2D eigenvalue weighted by Crippen LogP contribution is 2.36. The zero-order valence-corrected chi connectivity index (χ0v) is 11.9. The predicted molar refractivity (Wildman–Crippen MR) is 79.6 cm³/mol. The van der Waals surface area contributed by atoms with Crippen LogP contribution < -0.4 is 5.73 Å². The molecule has 2 aromatic heterocycles. The molecule has 19 heavy (non-hydrogen) atoms. The lowest BCUT2D eigenvalue weighted by molar-refractivity contribution is 1.10. The molecule has 0 amide bonds. The van der Waals surface area contributed by atoms with Crippen LogP contribution in [0.2, 0.25) is 10.0 Å². The number of rotatable bonds is 2. The van der Waals surface area contributed by atoms with Gasteiger partial charge in [0.05, 0.1) is 26.2 Å². The molecule has 1 aromatic carbocycles. The van der Waals surface area contributed by atoms with Crippen LogP contribution in [-0.2, 0) is 0 Å². The largest absolute Gasteiger partial charge is 0.397 e. The van der Waals surface area contributed by atoms with Gasteiger partial charge >= 0.3 is 0 Å². The number of thiophene rings is 1. The van der Waals surface area contributed by atoms with Crippen molar-refractivity contribution >= 4 is 40.2 Å². The summed E-state index contributed by atoms with van der Waals surface area (Å²) < 4.78 is 0. The molecular weight excluding hydrogens is 303 g/mol. The lowest BCUT2D eigenvalue weighted by Gasteiger charge is -2.05. The van der Waals surface area contributed by atoms with E-state index in [0.717, 1.165) is 4.88 Å². The molecular formula is C12H8Cl2N4S. The van der Waals surface area contributed by atoms with Crippen molar-refractivity contribution in [1.29, 1.82) is 0 Å². The molecule has 0 spiro atoms. The van der Waals surface area contributed by atoms with Gasteiger partial charge in [-0.2, -0.15) is 5.10 Å². The van der Waals surface area contributed by atoms with E-state index in [4.69, 9.17) is 28.9 Å². The second-order valence-electron chi connectivity index (χ2n) is 3.80. The summed E-state index contributed by atoms with van der Waals surface area (Å²) in [7, 11) is 0. The third-order valence-electron chi connectivity index (χ3n) is 2.61. The fourth-order valence-corrected chi connectivity index (χ4v) is 2.76. The van der Waals surface area contributed by atoms with Gasteiger partial charge in [0.25, 0.3) is 0 Å². The molecule has 0 radical (unpaired) electrons. The second kappa shape index (κ2) is 4.85. The molecule has 0 saturated carbocycles. The number of nitrogens with one attached hydrogen (secondary N) is 1. The van der Waals surface area contributed by atoms with Crippen LogP contribution in [0.25, 0.3) is 22.1 Å². The van der Waals surface area contributed by atoms with Crippen molar-refractivity contribution in [3.05, 3.63) is 39.7 Å². The van der Waals surface area contributed by atoms with Crippen LogP contribution in [0.5, 0.6) is 0 Å². The van der Waals surface area contributed by atoms with Gasteiger partial charge in [-0.15, -0.1) is 11.3 Å². The Morgan fingerprint density at radius 2 is 1.95 bits per heavy atom. The van der Waals surface area contributed by atoms with Crippen molar-refractivity contribution in [2.75, 3.05) is 5.73 Å². The molecule has 0 saturated heterocycles. The van der Waals surface area contributed by atoms with Crippen LogP contribution in [0, 0.1) is 0 Å². The maximum absolute atomic E-state index is 6.14. The normalized spacial score (nSPS) is 10.8. The molecule has 3 N–H and O–H groups in total. The van der Waals surface area contributed by atoms with Gasteiger partial charge in [0, 0.05) is 0 Å². The molecule has 0 aliphatic carbocycles. The zero-order chi connectivity index (χ0) is 13.4. The minimum Gasteiger partial charge on any atom is -0.397 e. The summed E-state index contributed by atoms with van der Waals surface area (Å²) >= 11 is 13.7. The fraction of sp³-hybridized carbons (Fsp3) is 0. The Labute approximate surface area is 123 Å². The highest BCUT2D eigenvalue weighted by atomic mass is 35.5. The van der Waals surface area contributed by atoms with E-state index in [1.54, 1.807) is 23.5 Å². The Hall–Kier alpha value is -1.56. The number of anilines is 1. The van der Waals surface area contributed by atoms with E-state index in [-0.39, 0.29) is 0 Å². The zero-order valence-electron chi connectivity index (χ0n) is 9.52. The standard InChI is InChI=1S/C12H8Cl2N4S/c13-6-3-4-7(14)10(15)9(6)12-16-11(17-18-12)8-2-1-5-19-8/h1-5H,15H2,(H,16,17,18). The molecule has 3 aromatic rings. The first kappa shape index (κ1) is 12.5.